The second-order valence-electron chi connectivity index (χ2n) is 4.76. The second kappa shape index (κ2) is 5.68. The van der Waals surface area contributed by atoms with E-state index in [9.17, 15) is 22.4 Å². The molecule has 2 rings (SSSR count). The molecule has 0 saturated carbocycles. The van der Waals surface area contributed by atoms with Gasteiger partial charge in [-0.15, -0.1) is 0 Å². The fourth-order valence-corrected chi connectivity index (χ4v) is 2.16. The molecular formula is C13H14F4N2O. The van der Waals surface area contributed by atoms with Crippen molar-refractivity contribution in [3.8, 4) is 0 Å². The number of hydrogen-bond acceptors (Lipinski definition) is 1. The van der Waals surface area contributed by atoms with Crippen molar-refractivity contribution in [2.45, 2.75) is 19.0 Å². The first-order valence-corrected chi connectivity index (χ1v) is 6.24. The van der Waals surface area contributed by atoms with Crippen LogP contribution in [0.25, 0.3) is 0 Å². The predicted octanol–water partition coefficient (Wildman–Crippen LogP) is 3.63. The summed E-state index contributed by atoms with van der Waals surface area (Å²) in [4.78, 5) is 13.0. The van der Waals surface area contributed by atoms with E-state index >= 15 is 0 Å². The molecule has 3 nitrogen and oxygen atoms in total. The number of likely N-dealkylation sites (tertiary alicyclic amines) is 1. The molecule has 1 aliphatic rings. The molecule has 0 aliphatic carbocycles. The minimum atomic E-state index is -4.28. The highest BCUT2D eigenvalue weighted by atomic mass is 19.4. The standard InChI is InChI=1S/C13H14F4N2O/c14-10-3-5-11(6-4-10)18-12(20)19-7-1-2-9(8-19)13(15,16)17/h3-6,9H,1-2,7-8H2,(H,18,20). The third kappa shape index (κ3) is 3.61. The fourth-order valence-electron chi connectivity index (χ4n) is 2.16. The van der Waals surface area contributed by atoms with Crippen molar-refractivity contribution in [2.24, 2.45) is 5.92 Å². The molecule has 1 aliphatic heterocycles. The maximum atomic E-state index is 12.7. The number of piperidine rings is 1. The van der Waals surface area contributed by atoms with Crippen LogP contribution < -0.4 is 5.32 Å². The first-order chi connectivity index (χ1) is 9.36. The Balaban J connectivity index is 1.97. The Hall–Kier alpha value is -1.79. The summed E-state index contributed by atoms with van der Waals surface area (Å²) in [5.74, 6) is -1.92. The molecular weight excluding hydrogens is 276 g/mol. The van der Waals surface area contributed by atoms with Crippen LogP contribution in [0.4, 0.5) is 28.0 Å². The lowest BCUT2D eigenvalue weighted by Gasteiger charge is -2.33. The van der Waals surface area contributed by atoms with Gasteiger partial charge in [0.25, 0.3) is 0 Å². The molecule has 1 saturated heterocycles. The van der Waals surface area contributed by atoms with Crippen LogP contribution in [0.3, 0.4) is 0 Å². The van der Waals surface area contributed by atoms with E-state index in [1.165, 1.54) is 24.3 Å². The smallest absolute Gasteiger partial charge is 0.324 e. The highest BCUT2D eigenvalue weighted by Crippen LogP contribution is 2.33. The number of hydrogen-bond donors (Lipinski definition) is 1. The summed E-state index contributed by atoms with van der Waals surface area (Å²) in [6, 6.07) is 4.47. The molecule has 1 heterocycles. The number of alkyl halides is 3. The average Bonchev–Trinajstić information content (AvgIpc) is 2.40. The van der Waals surface area contributed by atoms with E-state index in [1.807, 2.05) is 0 Å². The Morgan fingerprint density at radius 3 is 2.50 bits per heavy atom. The summed E-state index contributed by atoms with van der Waals surface area (Å²) in [7, 11) is 0. The van der Waals surface area contributed by atoms with E-state index in [1.54, 1.807) is 0 Å². The molecule has 0 bridgehead atoms. The summed E-state index contributed by atoms with van der Waals surface area (Å²) in [5, 5.41) is 2.46. The van der Waals surface area contributed by atoms with Gasteiger partial charge in [-0.25, -0.2) is 9.18 Å². The van der Waals surface area contributed by atoms with Crippen LogP contribution in [0.15, 0.2) is 24.3 Å². The summed E-state index contributed by atoms with van der Waals surface area (Å²) < 4.78 is 50.7. The third-order valence-electron chi connectivity index (χ3n) is 3.27. The van der Waals surface area contributed by atoms with Gasteiger partial charge in [0, 0.05) is 18.8 Å². The van der Waals surface area contributed by atoms with Gasteiger partial charge in [0.05, 0.1) is 5.92 Å². The maximum Gasteiger partial charge on any atom is 0.393 e. The molecule has 1 aromatic carbocycles. The van der Waals surface area contributed by atoms with Gasteiger partial charge >= 0.3 is 12.2 Å². The van der Waals surface area contributed by atoms with Crippen molar-refractivity contribution in [3.05, 3.63) is 30.1 Å². The molecule has 1 aromatic rings. The van der Waals surface area contributed by atoms with Gasteiger partial charge in [-0.3, -0.25) is 0 Å². The molecule has 7 heteroatoms. The highest BCUT2D eigenvalue weighted by molar-refractivity contribution is 5.89. The average molecular weight is 290 g/mol. The Morgan fingerprint density at radius 2 is 1.90 bits per heavy atom. The lowest BCUT2D eigenvalue weighted by molar-refractivity contribution is -0.183. The third-order valence-corrected chi connectivity index (χ3v) is 3.27. The zero-order chi connectivity index (χ0) is 14.8. The Kier molecular flexibility index (Phi) is 4.15. The van der Waals surface area contributed by atoms with E-state index in [0.29, 0.717) is 18.7 Å². The number of halogens is 4. The number of urea groups is 1. The maximum absolute atomic E-state index is 12.7. The number of rotatable bonds is 1. The normalized spacial score (nSPS) is 19.8. The lowest BCUT2D eigenvalue weighted by Crippen LogP contribution is -2.46. The molecule has 110 valence electrons. The summed E-state index contributed by atoms with van der Waals surface area (Å²) in [5.41, 5.74) is 0.352. The Morgan fingerprint density at radius 1 is 1.25 bits per heavy atom. The van der Waals surface area contributed by atoms with E-state index in [4.69, 9.17) is 0 Å². The molecule has 1 unspecified atom stereocenters. The fraction of sp³-hybridized carbons (Fsp3) is 0.462. The molecule has 2 amide bonds. The van der Waals surface area contributed by atoms with Crippen LogP contribution in [0.1, 0.15) is 12.8 Å². The van der Waals surface area contributed by atoms with Gasteiger partial charge in [-0.2, -0.15) is 13.2 Å². The molecule has 0 spiro atoms. The van der Waals surface area contributed by atoms with Crippen LogP contribution in [0, 0.1) is 11.7 Å². The van der Waals surface area contributed by atoms with Gasteiger partial charge < -0.3 is 10.2 Å². The highest BCUT2D eigenvalue weighted by Gasteiger charge is 2.42. The van der Waals surface area contributed by atoms with Crippen LogP contribution in [0.2, 0.25) is 0 Å². The topological polar surface area (TPSA) is 32.3 Å². The molecule has 1 N–H and O–H groups in total. The molecule has 1 fully saturated rings. The van der Waals surface area contributed by atoms with Crippen LogP contribution >= 0.6 is 0 Å². The van der Waals surface area contributed by atoms with E-state index < -0.39 is 23.9 Å². The first kappa shape index (κ1) is 14.6. The van der Waals surface area contributed by atoms with Crippen molar-refractivity contribution >= 4 is 11.7 Å². The van der Waals surface area contributed by atoms with Crippen molar-refractivity contribution in [1.29, 1.82) is 0 Å². The SMILES string of the molecule is O=C(Nc1ccc(F)cc1)N1CCCC(C(F)(F)F)C1. The minimum Gasteiger partial charge on any atom is -0.324 e. The summed E-state index contributed by atoms with van der Waals surface area (Å²) >= 11 is 0. The van der Waals surface area contributed by atoms with Gasteiger partial charge in [0.15, 0.2) is 0 Å². The quantitative estimate of drug-likeness (QED) is 0.787. The van der Waals surface area contributed by atoms with Crippen molar-refractivity contribution < 1.29 is 22.4 Å². The van der Waals surface area contributed by atoms with Gasteiger partial charge in [0.1, 0.15) is 5.82 Å². The van der Waals surface area contributed by atoms with Crippen LogP contribution in [0.5, 0.6) is 0 Å². The first-order valence-electron chi connectivity index (χ1n) is 6.24. The van der Waals surface area contributed by atoms with Gasteiger partial charge in [0.2, 0.25) is 0 Å². The minimum absolute atomic E-state index is 0.0455. The molecule has 0 radical (unpaired) electrons. The predicted molar refractivity (Wildman–Crippen MR) is 65.8 cm³/mol. The molecule has 1 atom stereocenters. The summed E-state index contributed by atoms with van der Waals surface area (Å²) in [6.07, 6.45) is -3.92. The van der Waals surface area contributed by atoms with Gasteiger partial charge in [-0.05, 0) is 37.1 Å². The number of nitrogens with one attached hydrogen (secondary N) is 1. The number of nitrogens with zero attached hydrogens (tertiary/aromatic N) is 1. The Labute approximate surface area is 113 Å². The second-order valence-corrected chi connectivity index (χ2v) is 4.76. The van der Waals surface area contributed by atoms with Gasteiger partial charge in [-0.1, -0.05) is 0 Å². The van der Waals surface area contributed by atoms with Crippen LogP contribution in [-0.2, 0) is 0 Å². The molecule has 0 aromatic heterocycles. The zero-order valence-electron chi connectivity index (χ0n) is 10.6. The zero-order valence-corrected chi connectivity index (χ0v) is 10.6. The lowest BCUT2D eigenvalue weighted by atomic mass is 9.98. The van der Waals surface area contributed by atoms with E-state index in [-0.39, 0.29) is 13.0 Å². The number of amides is 2. The van der Waals surface area contributed by atoms with Crippen LogP contribution in [-0.4, -0.2) is 30.2 Å². The number of benzene rings is 1. The van der Waals surface area contributed by atoms with E-state index in [0.717, 1.165) is 4.90 Å². The van der Waals surface area contributed by atoms with Crippen molar-refractivity contribution in [2.75, 3.05) is 18.4 Å². The molecule has 20 heavy (non-hydrogen) atoms. The van der Waals surface area contributed by atoms with Crippen molar-refractivity contribution in [3.63, 3.8) is 0 Å². The van der Waals surface area contributed by atoms with Crippen molar-refractivity contribution in [1.82, 2.24) is 4.90 Å². The van der Waals surface area contributed by atoms with E-state index in [2.05, 4.69) is 5.32 Å². The largest absolute Gasteiger partial charge is 0.393 e. The summed E-state index contributed by atoms with van der Waals surface area (Å²) in [6.45, 7) is -0.0455. The number of carbonyl (C=O) groups is 1. The monoisotopic (exact) mass is 290 g/mol. The number of anilines is 1. The Bertz CT molecular complexity index is 472. The number of carbonyl (C=O) groups excluding carboxylic acids is 1.